The van der Waals surface area contributed by atoms with Crippen LogP contribution in [0.1, 0.15) is 33.6 Å². The van der Waals surface area contributed by atoms with Gasteiger partial charge in [0.05, 0.1) is 6.61 Å². The number of rotatable bonds is 6. The molecule has 0 amide bonds. The van der Waals surface area contributed by atoms with Gasteiger partial charge in [-0.05, 0) is 26.3 Å². The molecule has 5 heteroatoms. The highest BCUT2D eigenvalue weighted by atomic mass is 31.2. The Morgan fingerprint density at radius 2 is 2.15 bits per heavy atom. The molecular weight excluding hydrogens is 191 g/mol. The smallest absolute Gasteiger partial charge is 0.409 e. The first-order valence-corrected chi connectivity index (χ1v) is 5.85. The van der Waals surface area contributed by atoms with Crippen molar-refractivity contribution in [2.75, 3.05) is 6.61 Å². The Bertz CT molecular complexity index is 212. The molecule has 0 aromatic carbocycles. The molecule has 4 nitrogen and oxygen atoms in total. The van der Waals surface area contributed by atoms with Gasteiger partial charge in [-0.25, -0.2) is 4.57 Å². The van der Waals surface area contributed by atoms with Crippen LogP contribution in [0.15, 0.2) is 11.8 Å². The molecule has 0 aliphatic rings. The third-order valence-electron chi connectivity index (χ3n) is 1.27. The molecule has 0 saturated heterocycles. The van der Waals surface area contributed by atoms with Crippen LogP contribution in [0.4, 0.5) is 0 Å². The molecule has 0 heterocycles. The lowest BCUT2D eigenvalue weighted by molar-refractivity contribution is 0.186. The summed E-state index contributed by atoms with van der Waals surface area (Å²) in [5.74, 6) is 0.432. The molecule has 0 aliphatic carbocycles. The predicted octanol–water partition coefficient (Wildman–Crippen LogP) is 2.84. The SMILES string of the molecule is CCCC=C(C)OP(=O)(O)OCC. The van der Waals surface area contributed by atoms with Crippen LogP contribution < -0.4 is 0 Å². The highest BCUT2D eigenvalue weighted by Gasteiger charge is 2.21. The Labute approximate surface area is 79.2 Å². The summed E-state index contributed by atoms with van der Waals surface area (Å²) in [6, 6.07) is 0. The van der Waals surface area contributed by atoms with Crippen LogP contribution in [-0.2, 0) is 13.6 Å². The van der Waals surface area contributed by atoms with E-state index >= 15 is 0 Å². The van der Waals surface area contributed by atoms with E-state index in [0.29, 0.717) is 5.76 Å². The Balaban J connectivity index is 4.03. The summed E-state index contributed by atoms with van der Waals surface area (Å²) in [6.45, 7) is 5.45. The second-order valence-electron chi connectivity index (χ2n) is 2.58. The quantitative estimate of drug-likeness (QED) is 0.538. The van der Waals surface area contributed by atoms with Crippen molar-refractivity contribution in [3.63, 3.8) is 0 Å². The number of allylic oxidation sites excluding steroid dienone is 2. The van der Waals surface area contributed by atoms with E-state index in [2.05, 4.69) is 4.52 Å². The second-order valence-corrected chi connectivity index (χ2v) is 3.96. The third-order valence-corrected chi connectivity index (χ3v) is 2.38. The van der Waals surface area contributed by atoms with Crippen molar-refractivity contribution in [2.24, 2.45) is 0 Å². The van der Waals surface area contributed by atoms with Crippen molar-refractivity contribution in [1.82, 2.24) is 0 Å². The molecule has 0 saturated carbocycles. The van der Waals surface area contributed by atoms with E-state index in [1.807, 2.05) is 6.92 Å². The summed E-state index contributed by atoms with van der Waals surface area (Å²) in [7, 11) is -3.86. The maximum absolute atomic E-state index is 11.1. The van der Waals surface area contributed by atoms with Gasteiger partial charge in [0.15, 0.2) is 0 Å². The van der Waals surface area contributed by atoms with E-state index in [9.17, 15) is 4.57 Å². The van der Waals surface area contributed by atoms with E-state index in [4.69, 9.17) is 9.42 Å². The summed E-state index contributed by atoms with van der Waals surface area (Å²) in [5, 5.41) is 0. The summed E-state index contributed by atoms with van der Waals surface area (Å²) in [5.41, 5.74) is 0. The lowest BCUT2D eigenvalue weighted by Gasteiger charge is -2.11. The molecule has 0 aliphatic heterocycles. The predicted molar refractivity (Wildman–Crippen MR) is 51.2 cm³/mol. The van der Waals surface area contributed by atoms with Gasteiger partial charge in [-0.15, -0.1) is 0 Å². The molecule has 1 atom stereocenters. The van der Waals surface area contributed by atoms with Gasteiger partial charge in [0, 0.05) is 0 Å². The largest absolute Gasteiger partial charge is 0.527 e. The van der Waals surface area contributed by atoms with E-state index in [-0.39, 0.29) is 6.61 Å². The summed E-state index contributed by atoms with van der Waals surface area (Å²) in [6.07, 6.45) is 3.57. The molecule has 0 bridgehead atoms. The lowest BCUT2D eigenvalue weighted by atomic mass is 10.3. The molecule has 1 unspecified atom stereocenters. The van der Waals surface area contributed by atoms with E-state index in [0.717, 1.165) is 12.8 Å². The molecule has 78 valence electrons. The van der Waals surface area contributed by atoms with Gasteiger partial charge in [0.1, 0.15) is 5.76 Å². The Kier molecular flexibility index (Phi) is 6.04. The topological polar surface area (TPSA) is 55.8 Å². The zero-order chi connectivity index (χ0) is 10.3. The van der Waals surface area contributed by atoms with Crippen molar-refractivity contribution in [2.45, 2.75) is 33.6 Å². The number of hydrogen-bond acceptors (Lipinski definition) is 3. The Hall–Kier alpha value is -0.310. The standard InChI is InChI=1S/C8H17O4P/c1-4-6-7-8(3)12-13(9,10)11-5-2/h7H,4-6H2,1-3H3,(H,9,10). The van der Waals surface area contributed by atoms with Gasteiger partial charge in [-0.1, -0.05) is 13.3 Å². The number of phosphoric ester groups is 1. The van der Waals surface area contributed by atoms with Crippen molar-refractivity contribution in [3.8, 4) is 0 Å². The van der Waals surface area contributed by atoms with Crippen LogP contribution in [0.5, 0.6) is 0 Å². The zero-order valence-electron chi connectivity index (χ0n) is 8.32. The average molecular weight is 208 g/mol. The number of phosphoric acid groups is 1. The Morgan fingerprint density at radius 3 is 2.62 bits per heavy atom. The fraction of sp³-hybridized carbons (Fsp3) is 0.750. The van der Waals surface area contributed by atoms with Gasteiger partial charge in [0.2, 0.25) is 0 Å². The van der Waals surface area contributed by atoms with E-state index < -0.39 is 7.82 Å². The first kappa shape index (κ1) is 12.7. The van der Waals surface area contributed by atoms with E-state index in [1.165, 1.54) is 0 Å². The molecule has 0 rings (SSSR count). The first-order valence-electron chi connectivity index (χ1n) is 4.35. The number of hydrogen-bond donors (Lipinski definition) is 1. The van der Waals surface area contributed by atoms with Crippen molar-refractivity contribution >= 4 is 7.82 Å². The van der Waals surface area contributed by atoms with Crippen LogP contribution in [0.3, 0.4) is 0 Å². The maximum atomic E-state index is 11.1. The van der Waals surface area contributed by atoms with Crippen LogP contribution in [0, 0.1) is 0 Å². The summed E-state index contributed by atoms with van der Waals surface area (Å²) < 4.78 is 20.3. The molecule has 0 radical (unpaired) electrons. The van der Waals surface area contributed by atoms with Crippen LogP contribution >= 0.6 is 7.82 Å². The summed E-state index contributed by atoms with van der Waals surface area (Å²) in [4.78, 5) is 9.05. The van der Waals surface area contributed by atoms with Gasteiger partial charge >= 0.3 is 7.82 Å². The highest BCUT2D eigenvalue weighted by Crippen LogP contribution is 2.45. The monoisotopic (exact) mass is 208 g/mol. The molecule has 0 aromatic heterocycles. The zero-order valence-corrected chi connectivity index (χ0v) is 9.21. The van der Waals surface area contributed by atoms with Gasteiger partial charge in [-0.2, -0.15) is 0 Å². The minimum atomic E-state index is -3.86. The lowest BCUT2D eigenvalue weighted by Crippen LogP contribution is -1.93. The van der Waals surface area contributed by atoms with Gasteiger partial charge in [0.25, 0.3) is 0 Å². The van der Waals surface area contributed by atoms with E-state index in [1.54, 1.807) is 19.9 Å². The third kappa shape index (κ3) is 6.82. The second kappa shape index (κ2) is 6.19. The van der Waals surface area contributed by atoms with Gasteiger partial charge < -0.3 is 4.52 Å². The highest BCUT2D eigenvalue weighted by molar-refractivity contribution is 7.47. The van der Waals surface area contributed by atoms with Crippen molar-refractivity contribution in [1.29, 1.82) is 0 Å². The summed E-state index contributed by atoms with van der Waals surface area (Å²) >= 11 is 0. The maximum Gasteiger partial charge on any atom is 0.527 e. The fourth-order valence-electron chi connectivity index (χ4n) is 0.756. The average Bonchev–Trinajstić information content (AvgIpc) is 1.99. The van der Waals surface area contributed by atoms with Crippen molar-refractivity contribution in [3.05, 3.63) is 11.8 Å². The molecule has 0 fully saturated rings. The minimum absolute atomic E-state index is 0.162. The number of unbranched alkanes of at least 4 members (excludes halogenated alkanes) is 1. The minimum Gasteiger partial charge on any atom is -0.409 e. The Morgan fingerprint density at radius 1 is 1.54 bits per heavy atom. The normalized spacial score (nSPS) is 16.8. The van der Waals surface area contributed by atoms with Crippen molar-refractivity contribution < 1.29 is 18.5 Å². The molecular formula is C8H17O4P. The molecule has 0 aromatic rings. The van der Waals surface area contributed by atoms with Gasteiger partial charge in [-0.3, -0.25) is 9.42 Å². The fourth-order valence-corrected chi connectivity index (χ4v) is 1.57. The van der Waals surface area contributed by atoms with Crippen LogP contribution in [0.2, 0.25) is 0 Å². The molecule has 0 spiro atoms. The van der Waals surface area contributed by atoms with Crippen LogP contribution in [-0.4, -0.2) is 11.5 Å². The molecule has 1 N–H and O–H groups in total. The molecule has 13 heavy (non-hydrogen) atoms. The van der Waals surface area contributed by atoms with Crippen LogP contribution in [0.25, 0.3) is 0 Å². The first-order chi connectivity index (χ1) is 6.02.